The Morgan fingerprint density at radius 3 is 2.53 bits per heavy atom. The molecule has 4 heteroatoms. The maximum atomic E-state index is 13.2. The second kappa shape index (κ2) is 8.23. The van der Waals surface area contributed by atoms with Gasteiger partial charge in [-0.2, -0.15) is 0 Å². The second-order valence-corrected chi connectivity index (χ2v) is 4.67. The van der Waals surface area contributed by atoms with E-state index in [2.05, 4.69) is 12.2 Å². The van der Waals surface area contributed by atoms with Gasteiger partial charge in [0.05, 0.1) is 6.10 Å². The van der Waals surface area contributed by atoms with E-state index < -0.39 is 11.6 Å². The van der Waals surface area contributed by atoms with Gasteiger partial charge in [0, 0.05) is 12.6 Å². The van der Waals surface area contributed by atoms with Crippen molar-refractivity contribution in [1.29, 1.82) is 0 Å². The lowest BCUT2D eigenvalue weighted by molar-refractivity contribution is 0.0476. The van der Waals surface area contributed by atoms with Gasteiger partial charge in [0.1, 0.15) is 0 Å². The molecule has 0 saturated heterocycles. The summed E-state index contributed by atoms with van der Waals surface area (Å²) in [6.07, 6.45) is 1.68. The molecule has 1 rings (SSSR count). The first-order valence-corrected chi connectivity index (χ1v) is 6.87. The average molecular weight is 271 g/mol. The van der Waals surface area contributed by atoms with Gasteiger partial charge in [0.15, 0.2) is 11.6 Å². The Kier molecular flexibility index (Phi) is 6.95. The molecule has 2 unspecified atom stereocenters. The molecule has 0 fully saturated rings. The van der Waals surface area contributed by atoms with Gasteiger partial charge in [0.25, 0.3) is 0 Å². The van der Waals surface area contributed by atoms with Crippen LogP contribution in [0.15, 0.2) is 18.2 Å². The predicted octanol–water partition coefficient (Wildman–Crippen LogP) is 3.30. The normalized spacial score (nSPS) is 14.4. The SMILES string of the molecule is CCCNC(Cc1ccc(F)c(F)c1)C(C)OCC. The van der Waals surface area contributed by atoms with E-state index in [9.17, 15) is 8.78 Å². The fraction of sp³-hybridized carbons (Fsp3) is 0.600. The Balaban J connectivity index is 2.71. The Labute approximate surface area is 114 Å². The van der Waals surface area contributed by atoms with Crippen LogP contribution >= 0.6 is 0 Å². The molecule has 1 N–H and O–H groups in total. The highest BCUT2D eigenvalue weighted by atomic mass is 19.2. The summed E-state index contributed by atoms with van der Waals surface area (Å²) in [5.41, 5.74) is 0.777. The molecule has 19 heavy (non-hydrogen) atoms. The zero-order valence-electron chi connectivity index (χ0n) is 11.9. The third kappa shape index (κ3) is 5.25. The fourth-order valence-corrected chi connectivity index (χ4v) is 2.03. The minimum absolute atomic E-state index is 0.0321. The first-order valence-electron chi connectivity index (χ1n) is 6.87. The summed E-state index contributed by atoms with van der Waals surface area (Å²) in [4.78, 5) is 0. The molecule has 2 atom stereocenters. The van der Waals surface area contributed by atoms with Crippen LogP contribution in [0.25, 0.3) is 0 Å². The quantitative estimate of drug-likeness (QED) is 0.783. The van der Waals surface area contributed by atoms with Gasteiger partial charge in [-0.05, 0) is 50.9 Å². The van der Waals surface area contributed by atoms with E-state index in [1.54, 1.807) is 6.07 Å². The average Bonchev–Trinajstić information content (AvgIpc) is 2.39. The van der Waals surface area contributed by atoms with Gasteiger partial charge >= 0.3 is 0 Å². The molecule has 0 aromatic heterocycles. The number of nitrogens with one attached hydrogen (secondary N) is 1. The van der Waals surface area contributed by atoms with Crippen LogP contribution in [0.5, 0.6) is 0 Å². The minimum Gasteiger partial charge on any atom is -0.377 e. The molecule has 0 heterocycles. The highest BCUT2D eigenvalue weighted by Crippen LogP contribution is 2.13. The molecule has 0 saturated carbocycles. The zero-order valence-corrected chi connectivity index (χ0v) is 11.9. The summed E-state index contributed by atoms with van der Waals surface area (Å²) >= 11 is 0. The van der Waals surface area contributed by atoms with Crippen molar-refractivity contribution < 1.29 is 13.5 Å². The first kappa shape index (κ1) is 16.1. The van der Waals surface area contributed by atoms with E-state index in [1.807, 2.05) is 13.8 Å². The zero-order chi connectivity index (χ0) is 14.3. The van der Waals surface area contributed by atoms with Crippen LogP contribution in [0, 0.1) is 11.6 Å². The van der Waals surface area contributed by atoms with Gasteiger partial charge in [-0.15, -0.1) is 0 Å². The highest BCUT2D eigenvalue weighted by molar-refractivity contribution is 5.19. The van der Waals surface area contributed by atoms with Gasteiger partial charge in [-0.25, -0.2) is 8.78 Å². The van der Waals surface area contributed by atoms with Crippen molar-refractivity contribution in [3.05, 3.63) is 35.4 Å². The number of hydrogen-bond donors (Lipinski definition) is 1. The van der Waals surface area contributed by atoms with Crippen LogP contribution in [0.3, 0.4) is 0 Å². The van der Waals surface area contributed by atoms with Crippen molar-refractivity contribution in [2.45, 2.75) is 45.8 Å². The van der Waals surface area contributed by atoms with E-state index in [-0.39, 0.29) is 12.1 Å². The molecule has 108 valence electrons. The van der Waals surface area contributed by atoms with Crippen molar-refractivity contribution in [2.24, 2.45) is 0 Å². The van der Waals surface area contributed by atoms with Gasteiger partial charge < -0.3 is 10.1 Å². The van der Waals surface area contributed by atoms with Crippen LogP contribution in [-0.4, -0.2) is 25.3 Å². The molecule has 0 bridgehead atoms. The standard InChI is InChI=1S/C15H23F2NO/c1-4-8-18-15(11(3)19-5-2)10-12-6-7-13(16)14(17)9-12/h6-7,9,11,15,18H,4-5,8,10H2,1-3H3. The lowest BCUT2D eigenvalue weighted by Crippen LogP contribution is -2.42. The molecule has 0 spiro atoms. The number of ether oxygens (including phenoxy) is 1. The number of benzene rings is 1. The van der Waals surface area contributed by atoms with Crippen molar-refractivity contribution >= 4 is 0 Å². The summed E-state index contributed by atoms with van der Waals surface area (Å²) in [7, 11) is 0. The van der Waals surface area contributed by atoms with E-state index in [0.29, 0.717) is 13.0 Å². The van der Waals surface area contributed by atoms with Gasteiger partial charge in [0.2, 0.25) is 0 Å². The van der Waals surface area contributed by atoms with Crippen LogP contribution in [-0.2, 0) is 11.2 Å². The van der Waals surface area contributed by atoms with Crippen LogP contribution in [0.2, 0.25) is 0 Å². The van der Waals surface area contributed by atoms with Crippen molar-refractivity contribution in [1.82, 2.24) is 5.32 Å². The summed E-state index contributed by atoms with van der Waals surface area (Å²) < 4.78 is 31.7. The monoisotopic (exact) mass is 271 g/mol. The molecule has 0 aliphatic carbocycles. The molecule has 2 nitrogen and oxygen atoms in total. The molecular weight excluding hydrogens is 248 g/mol. The van der Waals surface area contributed by atoms with Crippen molar-refractivity contribution in [3.63, 3.8) is 0 Å². The molecule has 0 aliphatic heterocycles. The summed E-state index contributed by atoms with van der Waals surface area (Å²) in [5, 5.41) is 3.40. The summed E-state index contributed by atoms with van der Waals surface area (Å²) in [6.45, 7) is 7.56. The second-order valence-electron chi connectivity index (χ2n) is 4.67. The molecular formula is C15H23F2NO. The topological polar surface area (TPSA) is 21.3 Å². The Morgan fingerprint density at radius 2 is 1.95 bits per heavy atom. The van der Waals surface area contributed by atoms with Crippen molar-refractivity contribution in [3.8, 4) is 0 Å². The third-order valence-electron chi connectivity index (χ3n) is 3.09. The smallest absolute Gasteiger partial charge is 0.159 e. The minimum atomic E-state index is -0.806. The molecule has 1 aromatic rings. The maximum absolute atomic E-state index is 13.2. The van der Waals surface area contributed by atoms with E-state index in [4.69, 9.17) is 4.74 Å². The number of hydrogen-bond acceptors (Lipinski definition) is 2. The van der Waals surface area contributed by atoms with Crippen LogP contribution < -0.4 is 5.32 Å². The van der Waals surface area contributed by atoms with Crippen LogP contribution in [0.4, 0.5) is 8.78 Å². The Bertz CT molecular complexity index is 384. The van der Waals surface area contributed by atoms with Gasteiger partial charge in [-0.1, -0.05) is 13.0 Å². The van der Waals surface area contributed by atoms with Crippen molar-refractivity contribution in [2.75, 3.05) is 13.2 Å². The number of rotatable bonds is 8. The lowest BCUT2D eigenvalue weighted by atomic mass is 10.0. The molecule has 0 radical (unpaired) electrons. The van der Waals surface area contributed by atoms with Gasteiger partial charge in [-0.3, -0.25) is 0 Å². The van der Waals surface area contributed by atoms with E-state index in [1.165, 1.54) is 12.1 Å². The lowest BCUT2D eigenvalue weighted by Gasteiger charge is -2.25. The third-order valence-corrected chi connectivity index (χ3v) is 3.09. The van der Waals surface area contributed by atoms with Crippen LogP contribution in [0.1, 0.15) is 32.8 Å². The fourth-order valence-electron chi connectivity index (χ4n) is 2.03. The summed E-state index contributed by atoms with van der Waals surface area (Å²) in [6, 6.07) is 4.16. The number of halogens is 2. The Morgan fingerprint density at radius 1 is 1.21 bits per heavy atom. The van der Waals surface area contributed by atoms with E-state index in [0.717, 1.165) is 18.5 Å². The Hall–Kier alpha value is -1.00. The highest BCUT2D eigenvalue weighted by Gasteiger charge is 2.18. The molecule has 0 aliphatic rings. The maximum Gasteiger partial charge on any atom is 0.159 e. The first-order chi connectivity index (χ1) is 9.08. The molecule has 1 aromatic carbocycles. The van der Waals surface area contributed by atoms with E-state index >= 15 is 0 Å². The molecule has 0 amide bonds. The predicted molar refractivity (Wildman–Crippen MR) is 73.2 cm³/mol. The summed E-state index contributed by atoms with van der Waals surface area (Å²) in [5.74, 6) is -1.60. The largest absolute Gasteiger partial charge is 0.377 e.